The number of nitrogens with two attached hydrogens (primary N) is 1. The predicted octanol–water partition coefficient (Wildman–Crippen LogP) is 2.56. The maximum atomic E-state index is 12.2. The van der Waals surface area contributed by atoms with Gasteiger partial charge in [0.05, 0.1) is 4.91 Å². The largest absolute Gasteiger partial charge is 0.329 e. The van der Waals surface area contributed by atoms with Gasteiger partial charge in [0, 0.05) is 13.1 Å². The molecule has 1 aliphatic heterocycles. The highest BCUT2D eigenvalue weighted by molar-refractivity contribution is 8.18. The quantitative estimate of drug-likeness (QED) is 0.865. The zero-order chi connectivity index (χ0) is 14.1. The van der Waals surface area contributed by atoms with Gasteiger partial charge in [-0.15, -0.1) is 0 Å². The second-order valence-electron chi connectivity index (χ2n) is 5.03. The van der Waals surface area contributed by atoms with E-state index in [4.69, 9.17) is 5.73 Å². The van der Waals surface area contributed by atoms with Crippen molar-refractivity contribution in [2.45, 2.75) is 18.8 Å². The summed E-state index contributed by atoms with van der Waals surface area (Å²) < 4.78 is 0. The van der Waals surface area contributed by atoms with Crippen molar-refractivity contribution in [3.05, 3.63) is 40.3 Å². The van der Waals surface area contributed by atoms with E-state index in [1.54, 1.807) is 0 Å². The molecule has 4 nitrogen and oxygen atoms in total. The topological polar surface area (TPSA) is 63.4 Å². The Hall–Kier alpha value is -1.59. The number of nitrogens with zero attached hydrogens (tertiary/aromatic N) is 1. The molecule has 2 amide bonds. The highest BCUT2D eigenvalue weighted by Gasteiger charge is 2.34. The van der Waals surface area contributed by atoms with E-state index >= 15 is 0 Å². The maximum absolute atomic E-state index is 12.2. The fourth-order valence-corrected chi connectivity index (χ4v) is 3.23. The van der Waals surface area contributed by atoms with Crippen LogP contribution in [0.2, 0.25) is 0 Å². The van der Waals surface area contributed by atoms with Gasteiger partial charge in [-0.3, -0.25) is 14.5 Å². The highest BCUT2D eigenvalue weighted by atomic mass is 32.2. The number of hydrogen-bond acceptors (Lipinski definition) is 4. The molecule has 104 valence electrons. The number of carbonyl (C=O) groups is 2. The normalized spacial score (nSPS) is 21.1. The standard InChI is InChI=1S/C15H16N2O2S/c16-7-8-17-14(18)13(20-15(17)19)9-11-3-1-2-4-12(11)10-5-6-10/h1-4,9-10H,5-8,16H2/b13-9+. The zero-order valence-corrected chi connectivity index (χ0v) is 11.9. The van der Waals surface area contributed by atoms with E-state index in [0.717, 1.165) is 17.3 Å². The molecule has 1 aromatic rings. The molecule has 0 unspecified atom stereocenters. The van der Waals surface area contributed by atoms with Crippen molar-refractivity contribution in [2.24, 2.45) is 5.73 Å². The molecule has 2 aliphatic rings. The summed E-state index contributed by atoms with van der Waals surface area (Å²) in [6.45, 7) is 0.580. The molecule has 1 heterocycles. The van der Waals surface area contributed by atoms with E-state index in [0.29, 0.717) is 17.4 Å². The molecular weight excluding hydrogens is 272 g/mol. The van der Waals surface area contributed by atoms with Gasteiger partial charge < -0.3 is 5.73 Å². The summed E-state index contributed by atoms with van der Waals surface area (Å²) in [6.07, 6.45) is 4.26. The minimum absolute atomic E-state index is 0.226. The van der Waals surface area contributed by atoms with Crippen LogP contribution in [0.5, 0.6) is 0 Å². The first kappa shape index (κ1) is 13.4. The SMILES string of the molecule is NCCN1C(=O)S/C(=C/c2ccccc2C2CC2)C1=O. The van der Waals surface area contributed by atoms with Crippen LogP contribution in [0, 0.1) is 0 Å². The number of imide groups is 1. The summed E-state index contributed by atoms with van der Waals surface area (Å²) in [5, 5.41) is -0.226. The van der Waals surface area contributed by atoms with Crippen molar-refractivity contribution in [1.29, 1.82) is 0 Å². The van der Waals surface area contributed by atoms with E-state index in [2.05, 4.69) is 6.07 Å². The van der Waals surface area contributed by atoms with Crippen LogP contribution >= 0.6 is 11.8 Å². The minimum Gasteiger partial charge on any atom is -0.329 e. The lowest BCUT2D eigenvalue weighted by Gasteiger charge is -2.09. The minimum atomic E-state index is -0.226. The van der Waals surface area contributed by atoms with Gasteiger partial charge in [0.2, 0.25) is 0 Å². The molecule has 0 atom stereocenters. The Bertz CT molecular complexity index is 593. The van der Waals surface area contributed by atoms with Crippen LogP contribution in [-0.2, 0) is 4.79 Å². The Balaban J connectivity index is 1.89. The summed E-state index contributed by atoms with van der Waals surface area (Å²) in [5.74, 6) is 0.386. The number of amides is 2. The Kier molecular flexibility index (Phi) is 3.63. The van der Waals surface area contributed by atoms with Crippen LogP contribution < -0.4 is 5.73 Å². The average Bonchev–Trinajstić information content (AvgIpc) is 3.24. The molecule has 2 N–H and O–H groups in total. The van der Waals surface area contributed by atoms with Gasteiger partial charge in [0.15, 0.2) is 0 Å². The summed E-state index contributed by atoms with van der Waals surface area (Å²) in [4.78, 5) is 25.7. The van der Waals surface area contributed by atoms with Crippen molar-refractivity contribution in [1.82, 2.24) is 4.90 Å². The third-order valence-electron chi connectivity index (χ3n) is 3.53. The second kappa shape index (κ2) is 5.42. The molecule has 1 saturated heterocycles. The number of carbonyl (C=O) groups excluding carboxylic acids is 2. The molecule has 20 heavy (non-hydrogen) atoms. The van der Waals surface area contributed by atoms with Gasteiger partial charge in [0.25, 0.3) is 11.1 Å². The van der Waals surface area contributed by atoms with Gasteiger partial charge in [-0.2, -0.15) is 0 Å². The molecule has 5 heteroatoms. The smallest absolute Gasteiger partial charge is 0.293 e. The lowest BCUT2D eigenvalue weighted by atomic mass is 10.0. The lowest BCUT2D eigenvalue weighted by Crippen LogP contribution is -2.33. The first-order chi connectivity index (χ1) is 9.70. The van der Waals surface area contributed by atoms with Gasteiger partial charge in [-0.1, -0.05) is 24.3 Å². The fourth-order valence-electron chi connectivity index (χ4n) is 2.37. The van der Waals surface area contributed by atoms with Gasteiger partial charge >= 0.3 is 0 Å². The Labute approximate surface area is 122 Å². The molecule has 1 saturated carbocycles. The number of benzene rings is 1. The molecule has 2 fully saturated rings. The summed E-state index contributed by atoms with van der Waals surface area (Å²) in [7, 11) is 0. The molecule has 1 aliphatic carbocycles. The third kappa shape index (κ3) is 2.51. The summed E-state index contributed by atoms with van der Waals surface area (Å²) >= 11 is 1.00. The first-order valence-electron chi connectivity index (χ1n) is 6.75. The van der Waals surface area contributed by atoms with Crippen LogP contribution in [-0.4, -0.2) is 29.1 Å². The molecule has 3 rings (SSSR count). The molecule has 0 bridgehead atoms. The van der Waals surface area contributed by atoms with E-state index in [1.165, 1.54) is 23.3 Å². The van der Waals surface area contributed by atoms with Gasteiger partial charge in [-0.25, -0.2) is 0 Å². The Morgan fingerprint density at radius 2 is 2.05 bits per heavy atom. The fraction of sp³-hybridized carbons (Fsp3) is 0.333. The van der Waals surface area contributed by atoms with E-state index < -0.39 is 0 Å². The predicted molar refractivity (Wildman–Crippen MR) is 80.1 cm³/mol. The van der Waals surface area contributed by atoms with E-state index in [9.17, 15) is 9.59 Å². The Morgan fingerprint density at radius 1 is 1.30 bits per heavy atom. The van der Waals surface area contributed by atoms with Crippen LogP contribution in [0.1, 0.15) is 29.9 Å². The van der Waals surface area contributed by atoms with E-state index in [-0.39, 0.29) is 17.7 Å². The number of hydrogen-bond donors (Lipinski definition) is 1. The molecular formula is C15H16N2O2S. The van der Waals surface area contributed by atoms with Gasteiger partial charge in [0.1, 0.15) is 0 Å². The monoisotopic (exact) mass is 288 g/mol. The van der Waals surface area contributed by atoms with Gasteiger partial charge in [-0.05, 0) is 47.7 Å². The van der Waals surface area contributed by atoms with Crippen molar-refractivity contribution in [3.8, 4) is 0 Å². The summed E-state index contributed by atoms with van der Waals surface area (Å²) in [6, 6.07) is 8.09. The zero-order valence-electron chi connectivity index (χ0n) is 11.0. The third-order valence-corrected chi connectivity index (χ3v) is 4.43. The second-order valence-corrected chi connectivity index (χ2v) is 6.02. The van der Waals surface area contributed by atoms with Crippen LogP contribution in [0.25, 0.3) is 6.08 Å². The van der Waals surface area contributed by atoms with Crippen molar-refractivity contribution < 1.29 is 9.59 Å². The maximum Gasteiger partial charge on any atom is 0.293 e. The number of thioether (sulfide) groups is 1. The Morgan fingerprint density at radius 3 is 2.75 bits per heavy atom. The molecule has 0 aromatic heterocycles. The van der Waals surface area contributed by atoms with Crippen molar-refractivity contribution in [3.63, 3.8) is 0 Å². The highest BCUT2D eigenvalue weighted by Crippen LogP contribution is 2.43. The van der Waals surface area contributed by atoms with Crippen molar-refractivity contribution in [2.75, 3.05) is 13.1 Å². The van der Waals surface area contributed by atoms with Crippen LogP contribution in [0.15, 0.2) is 29.2 Å². The molecule has 1 aromatic carbocycles. The first-order valence-corrected chi connectivity index (χ1v) is 7.56. The lowest BCUT2D eigenvalue weighted by molar-refractivity contribution is -0.122. The average molecular weight is 288 g/mol. The molecule has 0 spiro atoms. The molecule has 0 radical (unpaired) electrons. The number of rotatable bonds is 4. The van der Waals surface area contributed by atoms with Crippen LogP contribution in [0.4, 0.5) is 4.79 Å². The van der Waals surface area contributed by atoms with Crippen LogP contribution in [0.3, 0.4) is 0 Å². The summed E-state index contributed by atoms with van der Waals surface area (Å²) in [5.41, 5.74) is 7.75. The van der Waals surface area contributed by atoms with E-state index in [1.807, 2.05) is 24.3 Å². The van der Waals surface area contributed by atoms with Crippen molar-refractivity contribution >= 4 is 29.0 Å².